The Morgan fingerprint density at radius 2 is 2.08 bits per heavy atom. The molecule has 4 aromatic heterocycles. The smallest absolute Gasteiger partial charge is 0.255 e. The summed E-state index contributed by atoms with van der Waals surface area (Å²) in [6.45, 7) is 2.25. The van der Waals surface area contributed by atoms with Gasteiger partial charge in [-0.05, 0) is 25.1 Å². The van der Waals surface area contributed by atoms with Gasteiger partial charge in [0.15, 0.2) is 17.2 Å². The number of carbonyl (C=O) groups excluding carboxylic acids is 1. The molecule has 1 amide bonds. The highest BCUT2D eigenvalue weighted by atomic mass is 19.1. The van der Waals surface area contributed by atoms with Gasteiger partial charge < -0.3 is 29.0 Å². The van der Waals surface area contributed by atoms with Crippen molar-refractivity contribution >= 4 is 28.0 Å². The first-order valence-electron chi connectivity index (χ1n) is 12.4. The largest absolute Gasteiger partial charge is 0.495 e. The molecule has 0 spiro atoms. The Bertz CT molecular complexity index is 1690. The Kier molecular flexibility index (Phi) is 5.87. The van der Waals surface area contributed by atoms with Crippen molar-refractivity contribution in [2.24, 2.45) is 12.8 Å². The number of fused-ring (bicyclic) bond motifs is 3. The predicted molar refractivity (Wildman–Crippen MR) is 140 cm³/mol. The predicted octanol–water partition coefficient (Wildman–Crippen LogP) is 3.24. The molecule has 1 aliphatic rings. The maximum atomic E-state index is 13.2. The SMILES string of the molecule is COc1cccc2cc(-c3nc4cc5c(nc4n3C)CCN(C[C@H](N)CF)C5=O)n(Cc3cc(C)no3)c12. The molecule has 5 heterocycles. The van der Waals surface area contributed by atoms with Crippen molar-refractivity contribution in [1.29, 1.82) is 0 Å². The highest BCUT2D eigenvalue weighted by Crippen LogP contribution is 2.35. The van der Waals surface area contributed by atoms with Crippen LogP contribution in [0.15, 0.2) is 40.9 Å². The number of ether oxygens (including phenoxy) is 1. The number of alkyl halides is 1. The van der Waals surface area contributed by atoms with E-state index in [1.165, 1.54) is 0 Å². The van der Waals surface area contributed by atoms with E-state index in [1.807, 2.05) is 42.8 Å². The number of carbonyl (C=O) groups is 1. The fraction of sp³-hybridized carbons (Fsp3) is 0.333. The number of methoxy groups -OCH3 is 1. The molecule has 38 heavy (non-hydrogen) atoms. The Morgan fingerprint density at radius 3 is 2.82 bits per heavy atom. The zero-order valence-corrected chi connectivity index (χ0v) is 21.4. The van der Waals surface area contributed by atoms with E-state index in [-0.39, 0.29) is 12.5 Å². The van der Waals surface area contributed by atoms with Crippen LogP contribution in [0, 0.1) is 6.92 Å². The number of aromatic nitrogens is 5. The number of imidazole rings is 1. The normalized spacial score (nSPS) is 14.4. The number of amides is 1. The average Bonchev–Trinajstić information content (AvgIpc) is 3.60. The van der Waals surface area contributed by atoms with Crippen molar-refractivity contribution < 1.29 is 18.4 Å². The van der Waals surface area contributed by atoms with Gasteiger partial charge in [0.25, 0.3) is 5.91 Å². The van der Waals surface area contributed by atoms with E-state index in [9.17, 15) is 9.18 Å². The molecule has 1 aliphatic heterocycles. The maximum Gasteiger partial charge on any atom is 0.255 e. The minimum atomic E-state index is -0.703. The first-order chi connectivity index (χ1) is 18.4. The second-order valence-electron chi connectivity index (χ2n) is 9.68. The van der Waals surface area contributed by atoms with Crippen molar-refractivity contribution in [2.45, 2.75) is 25.9 Å². The summed E-state index contributed by atoms with van der Waals surface area (Å²) in [7, 11) is 3.56. The summed E-state index contributed by atoms with van der Waals surface area (Å²) in [5, 5.41) is 5.03. The lowest BCUT2D eigenvalue weighted by Gasteiger charge is -2.29. The van der Waals surface area contributed by atoms with Crippen LogP contribution in [0.25, 0.3) is 33.6 Å². The number of rotatable bonds is 7. The van der Waals surface area contributed by atoms with E-state index in [4.69, 9.17) is 25.0 Å². The van der Waals surface area contributed by atoms with Gasteiger partial charge in [0.05, 0.1) is 47.9 Å². The van der Waals surface area contributed by atoms with Gasteiger partial charge in [-0.3, -0.25) is 4.79 Å². The molecule has 1 atom stereocenters. The summed E-state index contributed by atoms with van der Waals surface area (Å²) < 4.78 is 28.2. The lowest BCUT2D eigenvalue weighted by Crippen LogP contribution is -2.45. The van der Waals surface area contributed by atoms with Crippen LogP contribution in [0.1, 0.15) is 27.5 Å². The summed E-state index contributed by atoms with van der Waals surface area (Å²) in [5.41, 5.74) is 10.8. The highest BCUT2D eigenvalue weighted by molar-refractivity contribution is 5.99. The van der Waals surface area contributed by atoms with Gasteiger partial charge in [-0.2, -0.15) is 0 Å². The number of nitrogens with two attached hydrogens (primary N) is 1. The molecule has 5 aromatic rings. The average molecular weight is 518 g/mol. The van der Waals surface area contributed by atoms with Crippen molar-refractivity contribution in [3.63, 3.8) is 0 Å². The summed E-state index contributed by atoms with van der Waals surface area (Å²) in [4.78, 5) is 24.5. The number of para-hydroxylation sites is 1. The number of aryl methyl sites for hydroxylation is 2. The molecule has 6 rings (SSSR count). The van der Waals surface area contributed by atoms with Gasteiger partial charge in [-0.1, -0.05) is 17.3 Å². The fourth-order valence-corrected chi connectivity index (χ4v) is 5.22. The van der Waals surface area contributed by atoms with Crippen LogP contribution in [-0.2, 0) is 20.0 Å². The third-order valence-corrected chi connectivity index (χ3v) is 7.04. The molecule has 11 heteroatoms. The van der Waals surface area contributed by atoms with E-state index in [0.717, 1.165) is 28.0 Å². The standard InChI is InChI=1S/C27H28FN7O3/c1-15-9-18(38-32-15)14-35-22(10-16-5-4-6-23(37-3)24(16)35)26-31-21-11-19-20(30-25(21)33(26)2)7-8-34(27(19)36)13-17(29)12-28/h4-6,9-11,17H,7-8,12-14,29H2,1-3H3/t17-/m1/s1. The number of hydrogen-bond acceptors (Lipinski definition) is 7. The van der Waals surface area contributed by atoms with Crippen molar-refractivity contribution in [2.75, 3.05) is 26.9 Å². The Morgan fingerprint density at radius 1 is 1.24 bits per heavy atom. The van der Waals surface area contributed by atoms with E-state index in [2.05, 4.69) is 15.8 Å². The number of halogens is 1. The van der Waals surface area contributed by atoms with Gasteiger partial charge in [-0.25, -0.2) is 14.4 Å². The van der Waals surface area contributed by atoms with Crippen LogP contribution in [0.4, 0.5) is 4.39 Å². The van der Waals surface area contributed by atoms with Crippen LogP contribution in [0.2, 0.25) is 0 Å². The Balaban J connectivity index is 1.49. The van der Waals surface area contributed by atoms with Crippen LogP contribution in [-0.4, -0.2) is 68.0 Å². The molecule has 0 radical (unpaired) electrons. The van der Waals surface area contributed by atoms with E-state index in [1.54, 1.807) is 18.1 Å². The number of benzene rings is 1. The quantitative estimate of drug-likeness (QED) is 0.352. The molecular weight excluding hydrogens is 489 g/mol. The van der Waals surface area contributed by atoms with Crippen LogP contribution < -0.4 is 10.5 Å². The van der Waals surface area contributed by atoms with E-state index < -0.39 is 12.7 Å². The molecule has 0 unspecified atom stereocenters. The second kappa shape index (κ2) is 9.25. The minimum Gasteiger partial charge on any atom is -0.495 e. The van der Waals surface area contributed by atoms with Gasteiger partial charge in [0.2, 0.25) is 0 Å². The van der Waals surface area contributed by atoms with Crippen LogP contribution in [0.3, 0.4) is 0 Å². The minimum absolute atomic E-state index is 0.170. The second-order valence-corrected chi connectivity index (χ2v) is 9.68. The van der Waals surface area contributed by atoms with Crippen molar-refractivity contribution in [3.8, 4) is 17.3 Å². The number of pyridine rings is 1. The molecule has 1 aromatic carbocycles. The van der Waals surface area contributed by atoms with Crippen LogP contribution in [0.5, 0.6) is 5.75 Å². The molecular formula is C27H28FN7O3. The first kappa shape index (κ1) is 24.1. The monoisotopic (exact) mass is 517 g/mol. The van der Waals surface area contributed by atoms with Gasteiger partial charge in [-0.15, -0.1) is 0 Å². The highest BCUT2D eigenvalue weighted by Gasteiger charge is 2.29. The zero-order valence-electron chi connectivity index (χ0n) is 21.4. The first-order valence-corrected chi connectivity index (χ1v) is 12.4. The van der Waals surface area contributed by atoms with Crippen molar-refractivity contribution in [1.82, 2.24) is 29.2 Å². The molecule has 10 nitrogen and oxygen atoms in total. The number of hydrogen-bond donors (Lipinski definition) is 1. The topological polar surface area (TPSA) is 117 Å². The molecule has 0 bridgehead atoms. The van der Waals surface area contributed by atoms with Crippen molar-refractivity contribution in [3.05, 3.63) is 59.1 Å². The maximum absolute atomic E-state index is 13.2. The summed E-state index contributed by atoms with van der Waals surface area (Å²) in [6.07, 6.45) is 0.568. The molecule has 0 fully saturated rings. The summed E-state index contributed by atoms with van der Waals surface area (Å²) >= 11 is 0. The molecule has 196 valence electrons. The van der Waals surface area contributed by atoms with Gasteiger partial charge >= 0.3 is 0 Å². The molecule has 2 N–H and O–H groups in total. The summed E-state index contributed by atoms with van der Waals surface area (Å²) in [5.74, 6) is 1.93. The van der Waals surface area contributed by atoms with Gasteiger partial charge in [0.1, 0.15) is 17.9 Å². The fourth-order valence-electron chi connectivity index (χ4n) is 5.22. The molecule has 0 saturated carbocycles. The Labute approximate surface area is 217 Å². The number of nitrogens with zero attached hydrogens (tertiary/aromatic N) is 6. The van der Waals surface area contributed by atoms with E-state index in [0.29, 0.717) is 53.5 Å². The van der Waals surface area contributed by atoms with E-state index >= 15 is 0 Å². The summed E-state index contributed by atoms with van der Waals surface area (Å²) in [6, 6.07) is 10.9. The molecule has 0 saturated heterocycles. The lowest BCUT2D eigenvalue weighted by molar-refractivity contribution is 0.0723. The third-order valence-electron chi connectivity index (χ3n) is 7.04. The Hall–Kier alpha value is -4.25. The van der Waals surface area contributed by atoms with Crippen LogP contribution >= 0.6 is 0 Å². The third kappa shape index (κ3) is 3.90. The zero-order chi connectivity index (χ0) is 26.6. The molecule has 0 aliphatic carbocycles. The lowest BCUT2D eigenvalue weighted by atomic mass is 10.0. The van der Waals surface area contributed by atoms with Gasteiger partial charge in [0, 0.05) is 38.0 Å².